The second kappa shape index (κ2) is 5.17. The fourth-order valence-electron chi connectivity index (χ4n) is 1.97. The summed E-state index contributed by atoms with van der Waals surface area (Å²) in [6.45, 7) is 4.35. The van der Waals surface area contributed by atoms with Crippen LogP contribution in [0.2, 0.25) is 0 Å². The molecule has 1 aromatic rings. The molecule has 1 aliphatic carbocycles. The molecular formula is C13H20N2. The summed E-state index contributed by atoms with van der Waals surface area (Å²) in [6, 6.07) is 11.2. The SMILES string of the molecule is CCC1CC1NCCNc1ccccc1. The Labute approximate surface area is 92.1 Å². The summed E-state index contributed by atoms with van der Waals surface area (Å²) in [6.07, 6.45) is 2.70. The number of para-hydroxylation sites is 1. The van der Waals surface area contributed by atoms with Crippen molar-refractivity contribution in [1.29, 1.82) is 0 Å². The molecule has 0 bridgehead atoms. The Morgan fingerprint density at radius 1 is 1.20 bits per heavy atom. The summed E-state index contributed by atoms with van der Waals surface area (Å²) in [5, 5.41) is 6.96. The fourth-order valence-corrected chi connectivity index (χ4v) is 1.97. The van der Waals surface area contributed by atoms with Crippen molar-refractivity contribution >= 4 is 5.69 Å². The van der Waals surface area contributed by atoms with Gasteiger partial charge < -0.3 is 10.6 Å². The lowest BCUT2D eigenvalue weighted by Crippen LogP contribution is -2.25. The van der Waals surface area contributed by atoms with Gasteiger partial charge in [-0.05, 0) is 24.5 Å². The van der Waals surface area contributed by atoms with Gasteiger partial charge >= 0.3 is 0 Å². The summed E-state index contributed by atoms with van der Waals surface area (Å²) < 4.78 is 0. The molecule has 1 fully saturated rings. The molecule has 2 heteroatoms. The second-order valence-corrected chi connectivity index (χ2v) is 4.26. The van der Waals surface area contributed by atoms with E-state index in [1.165, 1.54) is 18.5 Å². The van der Waals surface area contributed by atoms with Gasteiger partial charge in [0.15, 0.2) is 0 Å². The highest BCUT2D eigenvalue weighted by Gasteiger charge is 2.34. The summed E-state index contributed by atoms with van der Waals surface area (Å²) in [5.41, 5.74) is 1.21. The largest absolute Gasteiger partial charge is 0.384 e. The van der Waals surface area contributed by atoms with Crippen molar-refractivity contribution in [3.05, 3.63) is 30.3 Å². The van der Waals surface area contributed by atoms with Crippen LogP contribution < -0.4 is 10.6 Å². The van der Waals surface area contributed by atoms with Crippen LogP contribution in [0, 0.1) is 5.92 Å². The first kappa shape index (κ1) is 10.5. The van der Waals surface area contributed by atoms with Gasteiger partial charge in [0.2, 0.25) is 0 Å². The molecule has 82 valence electrons. The van der Waals surface area contributed by atoms with Crippen molar-refractivity contribution in [2.75, 3.05) is 18.4 Å². The van der Waals surface area contributed by atoms with Gasteiger partial charge in [-0.1, -0.05) is 31.5 Å². The Hall–Kier alpha value is -1.02. The molecule has 1 saturated carbocycles. The molecule has 0 spiro atoms. The lowest BCUT2D eigenvalue weighted by Gasteiger charge is -2.07. The molecule has 0 radical (unpaired) electrons. The molecule has 2 N–H and O–H groups in total. The number of nitrogens with one attached hydrogen (secondary N) is 2. The van der Waals surface area contributed by atoms with E-state index in [1.807, 2.05) is 6.07 Å². The zero-order chi connectivity index (χ0) is 10.5. The number of benzene rings is 1. The average molecular weight is 204 g/mol. The summed E-state index contributed by atoms with van der Waals surface area (Å²) in [5.74, 6) is 0.946. The predicted molar refractivity (Wildman–Crippen MR) is 65.1 cm³/mol. The molecule has 2 atom stereocenters. The maximum atomic E-state index is 3.57. The van der Waals surface area contributed by atoms with Crippen LogP contribution in [-0.2, 0) is 0 Å². The van der Waals surface area contributed by atoms with Crippen LogP contribution in [0.3, 0.4) is 0 Å². The van der Waals surface area contributed by atoms with Gasteiger partial charge in [-0.15, -0.1) is 0 Å². The summed E-state index contributed by atoms with van der Waals surface area (Å²) >= 11 is 0. The predicted octanol–water partition coefficient (Wildman–Crippen LogP) is 2.49. The van der Waals surface area contributed by atoms with Crippen molar-refractivity contribution < 1.29 is 0 Å². The molecule has 1 aromatic carbocycles. The lowest BCUT2D eigenvalue weighted by atomic mass is 10.3. The minimum absolute atomic E-state index is 0.799. The molecule has 0 saturated heterocycles. The molecule has 2 unspecified atom stereocenters. The maximum Gasteiger partial charge on any atom is 0.0340 e. The van der Waals surface area contributed by atoms with E-state index in [-0.39, 0.29) is 0 Å². The Morgan fingerprint density at radius 2 is 2.00 bits per heavy atom. The molecule has 2 nitrogen and oxygen atoms in total. The van der Waals surface area contributed by atoms with E-state index in [0.29, 0.717) is 0 Å². The van der Waals surface area contributed by atoms with Crippen molar-refractivity contribution in [1.82, 2.24) is 5.32 Å². The number of hydrogen-bond acceptors (Lipinski definition) is 2. The third-order valence-electron chi connectivity index (χ3n) is 3.08. The first-order valence-corrected chi connectivity index (χ1v) is 5.92. The van der Waals surface area contributed by atoms with Gasteiger partial charge in [-0.2, -0.15) is 0 Å². The van der Waals surface area contributed by atoms with E-state index in [4.69, 9.17) is 0 Å². The first-order chi connectivity index (χ1) is 7.40. The van der Waals surface area contributed by atoms with Crippen LogP contribution in [0.25, 0.3) is 0 Å². The zero-order valence-electron chi connectivity index (χ0n) is 9.37. The second-order valence-electron chi connectivity index (χ2n) is 4.26. The average Bonchev–Trinajstić information content (AvgIpc) is 3.05. The highest BCUT2D eigenvalue weighted by molar-refractivity contribution is 5.42. The Kier molecular flexibility index (Phi) is 3.62. The van der Waals surface area contributed by atoms with Crippen LogP contribution in [0.4, 0.5) is 5.69 Å². The number of rotatable bonds is 6. The summed E-state index contributed by atoms with van der Waals surface area (Å²) in [4.78, 5) is 0. The number of hydrogen-bond donors (Lipinski definition) is 2. The topological polar surface area (TPSA) is 24.1 Å². The standard InChI is InChI=1S/C13H20N2/c1-2-11-10-13(11)15-9-8-14-12-6-4-3-5-7-12/h3-7,11,13-15H,2,8-10H2,1H3. The van der Waals surface area contributed by atoms with Crippen LogP contribution in [0.15, 0.2) is 30.3 Å². The van der Waals surface area contributed by atoms with Crippen LogP contribution in [0.5, 0.6) is 0 Å². The van der Waals surface area contributed by atoms with E-state index in [1.54, 1.807) is 0 Å². The highest BCUT2D eigenvalue weighted by atomic mass is 15.0. The van der Waals surface area contributed by atoms with Crippen LogP contribution >= 0.6 is 0 Å². The lowest BCUT2D eigenvalue weighted by molar-refractivity contribution is 0.634. The van der Waals surface area contributed by atoms with E-state index >= 15 is 0 Å². The van der Waals surface area contributed by atoms with Gasteiger partial charge in [0, 0.05) is 24.8 Å². The molecule has 0 aromatic heterocycles. The third-order valence-corrected chi connectivity index (χ3v) is 3.08. The maximum absolute atomic E-state index is 3.57. The highest BCUT2D eigenvalue weighted by Crippen LogP contribution is 2.32. The monoisotopic (exact) mass is 204 g/mol. The Bertz CT molecular complexity index is 284. The zero-order valence-corrected chi connectivity index (χ0v) is 9.37. The van der Waals surface area contributed by atoms with Crippen molar-refractivity contribution in [3.63, 3.8) is 0 Å². The normalized spacial score (nSPS) is 23.8. The van der Waals surface area contributed by atoms with Crippen LogP contribution in [-0.4, -0.2) is 19.1 Å². The van der Waals surface area contributed by atoms with E-state index < -0.39 is 0 Å². The molecular weight excluding hydrogens is 184 g/mol. The van der Waals surface area contributed by atoms with Gasteiger partial charge in [0.25, 0.3) is 0 Å². The van der Waals surface area contributed by atoms with E-state index in [2.05, 4.69) is 41.8 Å². The Balaban J connectivity index is 1.56. The molecule has 0 heterocycles. The van der Waals surface area contributed by atoms with Gasteiger partial charge in [0.05, 0.1) is 0 Å². The first-order valence-electron chi connectivity index (χ1n) is 5.92. The van der Waals surface area contributed by atoms with Gasteiger partial charge in [0.1, 0.15) is 0 Å². The smallest absolute Gasteiger partial charge is 0.0340 e. The van der Waals surface area contributed by atoms with Gasteiger partial charge in [-0.25, -0.2) is 0 Å². The van der Waals surface area contributed by atoms with Gasteiger partial charge in [-0.3, -0.25) is 0 Å². The minimum Gasteiger partial charge on any atom is -0.384 e. The van der Waals surface area contributed by atoms with Crippen molar-refractivity contribution in [2.45, 2.75) is 25.8 Å². The summed E-state index contributed by atoms with van der Waals surface area (Å²) in [7, 11) is 0. The molecule has 2 rings (SSSR count). The van der Waals surface area contributed by atoms with Crippen molar-refractivity contribution in [2.24, 2.45) is 5.92 Å². The van der Waals surface area contributed by atoms with Crippen LogP contribution in [0.1, 0.15) is 19.8 Å². The van der Waals surface area contributed by atoms with E-state index in [9.17, 15) is 0 Å². The van der Waals surface area contributed by atoms with E-state index in [0.717, 1.165) is 25.0 Å². The fraction of sp³-hybridized carbons (Fsp3) is 0.538. The molecule has 0 aliphatic heterocycles. The minimum atomic E-state index is 0.799. The molecule has 0 amide bonds. The quantitative estimate of drug-likeness (QED) is 0.696. The molecule has 15 heavy (non-hydrogen) atoms. The Morgan fingerprint density at radius 3 is 2.67 bits per heavy atom. The van der Waals surface area contributed by atoms with Crippen molar-refractivity contribution in [3.8, 4) is 0 Å². The number of anilines is 1. The third kappa shape index (κ3) is 3.24. The molecule has 1 aliphatic rings.